The van der Waals surface area contributed by atoms with Crippen LogP contribution in [0.2, 0.25) is 0 Å². The summed E-state index contributed by atoms with van der Waals surface area (Å²) in [5.74, 6) is -0.0986. The van der Waals surface area contributed by atoms with Crippen molar-refractivity contribution in [3.05, 3.63) is 35.9 Å². The Morgan fingerprint density at radius 1 is 1.36 bits per heavy atom. The van der Waals surface area contributed by atoms with E-state index < -0.39 is 5.60 Å². The number of rotatable bonds is 6. The second-order valence-corrected chi connectivity index (χ2v) is 6.55. The van der Waals surface area contributed by atoms with Crippen LogP contribution in [0.5, 0.6) is 0 Å². The van der Waals surface area contributed by atoms with Gasteiger partial charge >= 0.3 is 0 Å². The van der Waals surface area contributed by atoms with Crippen LogP contribution in [0.25, 0.3) is 0 Å². The quantitative estimate of drug-likeness (QED) is 0.848. The van der Waals surface area contributed by atoms with Gasteiger partial charge in [0.2, 0.25) is 5.91 Å². The monoisotopic (exact) mass is 304 g/mol. The fourth-order valence-corrected chi connectivity index (χ4v) is 3.10. The third-order valence-corrected chi connectivity index (χ3v) is 4.56. The number of amides is 1. The van der Waals surface area contributed by atoms with Gasteiger partial charge in [-0.05, 0) is 38.8 Å². The Labute approximate surface area is 133 Å². The molecule has 1 fully saturated rings. The van der Waals surface area contributed by atoms with Gasteiger partial charge in [-0.15, -0.1) is 0 Å². The molecule has 122 valence electrons. The fourth-order valence-electron chi connectivity index (χ4n) is 3.10. The van der Waals surface area contributed by atoms with Crippen molar-refractivity contribution in [2.24, 2.45) is 0 Å². The average molecular weight is 304 g/mol. The molecule has 22 heavy (non-hydrogen) atoms. The molecule has 1 saturated heterocycles. The standard InChI is InChI=1S/C18H28N2O2/c1-15-8-6-7-12-20(15)13-11-19-17(21)14-18(2,22)16-9-4-3-5-10-16/h3-5,9-10,15,22H,6-8,11-14H2,1-2H3,(H,19,21). The van der Waals surface area contributed by atoms with Crippen LogP contribution in [0, 0.1) is 0 Å². The topological polar surface area (TPSA) is 52.6 Å². The zero-order valence-corrected chi connectivity index (χ0v) is 13.7. The highest BCUT2D eigenvalue weighted by atomic mass is 16.3. The summed E-state index contributed by atoms with van der Waals surface area (Å²) in [4.78, 5) is 14.5. The minimum Gasteiger partial charge on any atom is -0.385 e. The number of likely N-dealkylation sites (tertiary alicyclic amines) is 1. The van der Waals surface area contributed by atoms with E-state index in [1.54, 1.807) is 6.92 Å². The minimum atomic E-state index is -1.12. The van der Waals surface area contributed by atoms with Crippen molar-refractivity contribution in [2.45, 2.75) is 51.2 Å². The van der Waals surface area contributed by atoms with Crippen LogP contribution in [0.3, 0.4) is 0 Å². The molecule has 1 aliphatic rings. The molecular weight excluding hydrogens is 276 g/mol. The summed E-state index contributed by atoms with van der Waals surface area (Å²) in [5, 5.41) is 13.4. The normalized spacial score (nSPS) is 22.0. The first kappa shape index (κ1) is 17.0. The summed E-state index contributed by atoms with van der Waals surface area (Å²) in [7, 11) is 0. The van der Waals surface area contributed by atoms with Gasteiger partial charge in [-0.1, -0.05) is 36.8 Å². The maximum Gasteiger partial charge on any atom is 0.223 e. The van der Waals surface area contributed by atoms with Gasteiger partial charge in [0.1, 0.15) is 0 Å². The number of benzene rings is 1. The smallest absolute Gasteiger partial charge is 0.223 e. The van der Waals surface area contributed by atoms with E-state index in [0.29, 0.717) is 12.6 Å². The molecule has 1 aliphatic heterocycles. The zero-order chi connectivity index (χ0) is 16.0. The van der Waals surface area contributed by atoms with Crippen molar-refractivity contribution in [3.8, 4) is 0 Å². The van der Waals surface area contributed by atoms with Crippen LogP contribution < -0.4 is 5.32 Å². The number of hydrogen-bond acceptors (Lipinski definition) is 3. The molecule has 4 heteroatoms. The summed E-state index contributed by atoms with van der Waals surface area (Å²) < 4.78 is 0. The number of carbonyl (C=O) groups excluding carboxylic acids is 1. The Morgan fingerprint density at radius 2 is 2.09 bits per heavy atom. The molecule has 1 aromatic carbocycles. The molecule has 0 saturated carbocycles. The van der Waals surface area contributed by atoms with Gasteiger partial charge in [0.05, 0.1) is 12.0 Å². The average Bonchev–Trinajstić information content (AvgIpc) is 2.50. The van der Waals surface area contributed by atoms with Gasteiger partial charge in [-0.2, -0.15) is 0 Å². The summed E-state index contributed by atoms with van der Waals surface area (Å²) >= 11 is 0. The first-order valence-electron chi connectivity index (χ1n) is 8.28. The number of aliphatic hydroxyl groups is 1. The molecule has 4 nitrogen and oxygen atoms in total. The molecule has 1 aromatic rings. The SMILES string of the molecule is CC1CCCCN1CCNC(=O)CC(C)(O)c1ccccc1. The van der Waals surface area contributed by atoms with E-state index in [-0.39, 0.29) is 12.3 Å². The molecule has 0 bridgehead atoms. The van der Waals surface area contributed by atoms with E-state index >= 15 is 0 Å². The van der Waals surface area contributed by atoms with E-state index in [9.17, 15) is 9.90 Å². The first-order valence-corrected chi connectivity index (χ1v) is 8.28. The first-order chi connectivity index (χ1) is 10.5. The number of hydrogen-bond donors (Lipinski definition) is 2. The van der Waals surface area contributed by atoms with Crippen molar-refractivity contribution in [3.63, 3.8) is 0 Å². The molecule has 2 unspecified atom stereocenters. The summed E-state index contributed by atoms with van der Waals surface area (Å²) in [5.41, 5.74) is -0.348. The molecule has 0 radical (unpaired) electrons. The van der Waals surface area contributed by atoms with E-state index in [1.165, 1.54) is 19.3 Å². The van der Waals surface area contributed by atoms with Gasteiger partial charge < -0.3 is 10.4 Å². The Hall–Kier alpha value is -1.39. The van der Waals surface area contributed by atoms with Crippen LogP contribution in [0.1, 0.15) is 45.1 Å². The molecule has 2 atom stereocenters. The lowest BCUT2D eigenvalue weighted by Crippen LogP contribution is -2.43. The van der Waals surface area contributed by atoms with Crippen molar-refractivity contribution >= 4 is 5.91 Å². The highest BCUT2D eigenvalue weighted by Gasteiger charge is 2.26. The fraction of sp³-hybridized carbons (Fsp3) is 0.611. The predicted molar refractivity (Wildman–Crippen MR) is 88.5 cm³/mol. The molecule has 0 aromatic heterocycles. The van der Waals surface area contributed by atoms with E-state index in [2.05, 4.69) is 17.1 Å². The summed E-state index contributed by atoms with van der Waals surface area (Å²) in [6, 6.07) is 9.96. The van der Waals surface area contributed by atoms with Crippen molar-refractivity contribution < 1.29 is 9.90 Å². The van der Waals surface area contributed by atoms with E-state index in [0.717, 1.165) is 18.7 Å². The maximum absolute atomic E-state index is 12.1. The number of nitrogens with zero attached hydrogens (tertiary/aromatic N) is 1. The molecule has 2 N–H and O–H groups in total. The zero-order valence-electron chi connectivity index (χ0n) is 13.7. The van der Waals surface area contributed by atoms with Gasteiger partial charge in [0, 0.05) is 19.1 Å². The van der Waals surface area contributed by atoms with E-state index in [1.807, 2.05) is 30.3 Å². The van der Waals surface area contributed by atoms with Gasteiger partial charge in [0.15, 0.2) is 0 Å². The molecule has 1 amide bonds. The van der Waals surface area contributed by atoms with Crippen LogP contribution >= 0.6 is 0 Å². The summed E-state index contributed by atoms with van der Waals surface area (Å²) in [6.07, 6.45) is 3.90. The lowest BCUT2D eigenvalue weighted by Gasteiger charge is -2.33. The second kappa shape index (κ2) is 7.75. The Bertz CT molecular complexity index is 473. The lowest BCUT2D eigenvalue weighted by molar-refractivity contribution is -0.125. The highest BCUT2D eigenvalue weighted by molar-refractivity contribution is 5.77. The van der Waals surface area contributed by atoms with Crippen LogP contribution in [-0.2, 0) is 10.4 Å². The highest BCUT2D eigenvalue weighted by Crippen LogP contribution is 2.23. The molecular formula is C18H28N2O2. The third-order valence-electron chi connectivity index (χ3n) is 4.56. The number of nitrogens with one attached hydrogen (secondary N) is 1. The maximum atomic E-state index is 12.1. The number of carbonyl (C=O) groups is 1. The third kappa shape index (κ3) is 4.82. The van der Waals surface area contributed by atoms with E-state index in [4.69, 9.17) is 0 Å². The van der Waals surface area contributed by atoms with Gasteiger partial charge in [-0.25, -0.2) is 0 Å². The Morgan fingerprint density at radius 3 is 2.77 bits per heavy atom. The molecule has 0 aliphatic carbocycles. The van der Waals surface area contributed by atoms with Crippen LogP contribution in [0.15, 0.2) is 30.3 Å². The Balaban J connectivity index is 1.75. The lowest BCUT2D eigenvalue weighted by atomic mass is 9.92. The number of piperidine rings is 1. The van der Waals surface area contributed by atoms with Crippen LogP contribution in [0.4, 0.5) is 0 Å². The largest absolute Gasteiger partial charge is 0.385 e. The van der Waals surface area contributed by atoms with Crippen molar-refractivity contribution in [1.29, 1.82) is 0 Å². The summed E-state index contributed by atoms with van der Waals surface area (Å²) in [6.45, 7) is 6.60. The molecule has 2 rings (SSSR count). The van der Waals surface area contributed by atoms with Crippen molar-refractivity contribution in [2.75, 3.05) is 19.6 Å². The van der Waals surface area contributed by atoms with Gasteiger partial charge in [0.25, 0.3) is 0 Å². The Kier molecular flexibility index (Phi) is 5.98. The second-order valence-electron chi connectivity index (χ2n) is 6.55. The van der Waals surface area contributed by atoms with Gasteiger partial charge in [-0.3, -0.25) is 9.69 Å². The molecule has 1 heterocycles. The van der Waals surface area contributed by atoms with Crippen LogP contribution in [-0.4, -0.2) is 41.6 Å². The van der Waals surface area contributed by atoms with Crippen molar-refractivity contribution in [1.82, 2.24) is 10.2 Å². The molecule has 0 spiro atoms. The predicted octanol–water partition coefficient (Wildman–Crippen LogP) is 2.27. The minimum absolute atomic E-state index is 0.0898.